The molecule has 0 aliphatic carbocycles. The minimum Gasteiger partial charge on any atom is -0.374 e. The molecule has 1 atom stereocenters. The first kappa shape index (κ1) is 17.9. The molecule has 2 rings (SSSR count). The first-order chi connectivity index (χ1) is 11.1. The molecular formula is C15H17F3N4O2. The number of aliphatic hydroxyl groups is 1. The Labute approximate surface area is 136 Å². The van der Waals surface area contributed by atoms with Crippen molar-refractivity contribution in [2.75, 3.05) is 0 Å². The monoisotopic (exact) mass is 342 g/mol. The summed E-state index contributed by atoms with van der Waals surface area (Å²) in [6.07, 6.45) is -2.32. The van der Waals surface area contributed by atoms with Gasteiger partial charge in [-0.1, -0.05) is 6.07 Å². The van der Waals surface area contributed by atoms with E-state index in [2.05, 4.69) is 15.3 Å². The maximum atomic E-state index is 13.3. The predicted octanol–water partition coefficient (Wildman–Crippen LogP) is 1.58. The number of rotatable bonds is 5. The van der Waals surface area contributed by atoms with Crippen molar-refractivity contribution in [3.8, 4) is 0 Å². The molecule has 6 nitrogen and oxygen atoms in total. The van der Waals surface area contributed by atoms with Gasteiger partial charge in [-0.05, 0) is 18.6 Å². The van der Waals surface area contributed by atoms with Gasteiger partial charge in [-0.25, -0.2) is 4.98 Å². The standard InChI is InChI=1S/C15H17F3N4O2/c1-10-4-3-5-19-11(10)9-21-12(23)8-14(24,15(16,17)18)13-20-6-7-22(13)2/h3-7,24H,8-9H2,1-2H3,(H,21,23). The quantitative estimate of drug-likeness (QED) is 0.865. The lowest BCUT2D eigenvalue weighted by Gasteiger charge is -2.29. The summed E-state index contributed by atoms with van der Waals surface area (Å²) >= 11 is 0. The first-order valence-electron chi connectivity index (χ1n) is 7.09. The number of imidazole rings is 1. The lowest BCUT2D eigenvalue weighted by molar-refractivity contribution is -0.271. The van der Waals surface area contributed by atoms with Gasteiger partial charge in [-0.3, -0.25) is 9.78 Å². The van der Waals surface area contributed by atoms with Crippen LogP contribution < -0.4 is 5.32 Å². The van der Waals surface area contributed by atoms with Crippen LogP contribution in [0.15, 0.2) is 30.7 Å². The number of halogens is 3. The van der Waals surface area contributed by atoms with E-state index < -0.39 is 29.9 Å². The van der Waals surface area contributed by atoms with Crippen molar-refractivity contribution in [3.05, 3.63) is 47.8 Å². The Bertz CT molecular complexity index is 730. The van der Waals surface area contributed by atoms with Crippen LogP contribution in [-0.2, 0) is 24.0 Å². The molecule has 0 fully saturated rings. The van der Waals surface area contributed by atoms with Crippen LogP contribution in [0.2, 0.25) is 0 Å². The average Bonchev–Trinajstić information content (AvgIpc) is 2.92. The van der Waals surface area contributed by atoms with Crippen LogP contribution in [0.3, 0.4) is 0 Å². The molecule has 2 N–H and O–H groups in total. The van der Waals surface area contributed by atoms with Gasteiger partial charge in [0.2, 0.25) is 11.5 Å². The molecule has 9 heteroatoms. The number of carbonyl (C=O) groups excluding carboxylic acids is 1. The average molecular weight is 342 g/mol. The molecule has 0 saturated heterocycles. The van der Waals surface area contributed by atoms with Gasteiger partial charge in [0, 0.05) is 25.6 Å². The van der Waals surface area contributed by atoms with Crippen molar-refractivity contribution in [1.82, 2.24) is 19.9 Å². The summed E-state index contributed by atoms with van der Waals surface area (Å²) in [7, 11) is 1.31. The summed E-state index contributed by atoms with van der Waals surface area (Å²) in [6, 6.07) is 3.48. The van der Waals surface area contributed by atoms with Crippen molar-refractivity contribution in [3.63, 3.8) is 0 Å². The largest absolute Gasteiger partial charge is 0.425 e. The lowest BCUT2D eigenvalue weighted by atomic mass is 9.97. The first-order valence-corrected chi connectivity index (χ1v) is 7.09. The molecule has 2 aromatic heterocycles. The fourth-order valence-electron chi connectivity index (χ4n) is 2.25. The highest BCUT2D eigenvalue weighted by Crippen LogP contribution is 2.40. The van der Waals surface area contributed by atoms with E-state index in [1.54, 1.807) is 19.1 Å². The molecule has 2 aromatic rings. The topological polar surface area (TPSA) is 80.0 Å². The summed E-state index contributed by atoms with van der Waals surface area (Å²) in [5, 5.41) is 12.5. The number of alkyl halides is 3. The smallest absolute Gasteiger partial charge is 0.374 e. The van der Waals surface area contributed by atoms with E-state index in [9.17, 15) is 23.1 Å². The number of nitrogens with one attached hydrogen (secondary N) is 1. The summed E-state index contributed by atoms with van der Waals surface area (Å²) in [5.74, 6) is -1.60. The van der Waals surface area contributed by atoms with Crippen LogP contribution >= 0.6 is 0 Å². The summed E-state index contributed by atoms with van der Waals surface area (Å²) in [6.45, 7) is 1.74. The minimum absolute atomic E-state index is 0.0278. The van der Waals surface area contributed by atoms with E-state index in [0.29, 0.717) is 5.69 Å². The molecule has 0 aliphatic heterocycles. The third-order valence-corrected chi connectivity index (χ3v) is 3.65. The van der Waals surface area contributed by atoms with Crippen LogP contribution in [0.5, 0.6) is 0 Å². The van der Waals surface area contributed by atoms with Crippen molar-refractivity contribution >= 4 is 5.91 Å². The predicted molar refractivity (Wildman–Crippen MR) is 78.6 cm³/mol. The second-order valence-electron chi connectivity index (χ2n) is 5.44. The van der Waals surface area contributed by atoms with Crippen molar-refractivity contribution in [2.24, 2.45) is 7.05 Å². The Kier molecular flexibility index (Phi) is 4.93. The Hall–Kier alpha value is -2.42. The highest BCUT2D eigenvalue weighted by molar-refractivity contribution is 5.77. The summed E-state index contributed by atoms with van der Waals surface area (Å²) < 4.78 is 41.1. The maximum absolute atomic E-state index is 13.3. The van der Waals surface area contributed by atoms with Crippen molar-refractivity contribution in [1.29, 1.82) is 0 Å². The minimum atomic E-state index is -5.05. The fourth-order valence-corrected chi connectivity index (χ4v) is 2.25. The normalized spacial score (nSPS) is 14.2. The highest BCUT2D eigenvalue weighted by atomic mass is 19.4. The lowest BCUT2D eigenvalue weighted by Crippen LogP contribution is -2.47. The zero-order valence-corrected chi connectivity index (χ0v) is 13.1. The van der Waals surface area contributed by atoms with Gasteiger partial charge in [-0.15, -0.1) is 0 Å². The highest BCUT2D eigenvalue weighted by Gasteiger charge is 2.58. The Morgan fingerprint density at radius 1 is 1.33 bits per heavy atom. The zero-order chi connectivity index (χ0) is 18.0. The van der Waals surface area contributed by atoms with Crippen LogP contribution in [0.25, 0.3) is 0 Å². The number of hydrogen-bond acceptors (Lipinski definition) is 4. The molecule has 0 saturated carbocycles. The molecule has 0 bridgehead atoms. The van der Waals surface area contributed by atoms with Gasteiger partial charge in [0.15, 0.2) is 5.82 Å². The zero-order valence-electron chi connectivity index (χ0n) is 13.1. The molecule has 0 spiro atoms. The number of hydrogen-bond donors (Lipinski definition) is 2. The fraction of sp³-hybridized carbons (Fsp3) is 0.400. The van der Waals surface area contributed by atoms with Crippen LogP contribution in [0, 0.1) is 6.92 Å². The Morgan fingerprint density at radius 2 is 2.04 bits per heavy atom. The summed E-state index contributed by atoms with van der Waals surface area (Å²) in [5.41, 5.74) is -2.03. The molecule has 1 amide bonds. The SMILES string of the molecule is Cc1cccnc1CNC(=O)CC(O)(c1nccn1C)C(F)(F)F. The molecule has 24 heavy (non-hydrogen) atoms. The number of amides is 1. The van der Waals surface area contributed by atoms with E-state index in [4.69, 9.17) is 0 Å². The third-order valence-electron chi connectivity index (χ3n) is 3.65. The van der Waals surface area contributed by atoms with E-state index >= 15 is 0 Å². The number of pyridine rings is 1. The van der Waals surface area contributed by atoms with Gasteiger partial charge in [0.25, 0.3) is 0 Å². The van der Waals surface area contributed by atoms with Crippen LogP contribution in [-0.4, -0.2) is 31.7 Å². The Balaban J connectivity index is 2.14. The third kappa shape index (κ3) is 3.56. The second kappa shape index (κ2) is 6.60. The molecule has 1 unspecified atom stereocenters. The maximum Gasteiger partial charge on any atom is 0.425 e. The van der Waals surface area contributed by atoms with Crippen molar-refractivity contribution < 1.29 is 23.1 Å². The van der Waals surface area contributed by atoms with E-state index in [-0.39, 0.29) is 6.54 Å². The van der Waals surface area contributed by atoms with Crippen molar-refractivity contribution in [2.45, 2.75) is 31.7 Å². The van der Waals surface area contributed by atoms with Gasteiger partial charge < -0.3 is 15.0 Å². The van der Waals surface area contributed by atoms with Gasteiger partial charge in [0.05, 0.1) is 18.7 Å². The van der Waals surface area contributed by atoms with E-state index in [1.165, 1.54) is 19.4 Å². The number of aromatic nitrogens is 3. The van der Waals surface area contributed by atoms with E-state index in [1.807, 2.05) is 0 Å². The Morgan fingerprint density at radius 3 is 2.58 bits per heavy atom. The van der Waals surface area contributed by atoms with Crippen LogP contribution in [0.4, 0.5) is 13.2 Å². The molecule has 0 radical (unpaired) electrons. The molecule has 2 heterocycles. The molecule has 0 aliphatic rings. The number of carbonyl (C=O) groups is 1. The molecular weight excluding hydrogens is 325 g/mol. The summed E-state index contributed by atoms with van der Waals surface area (Å²) in [4.78, 5) is 19.5. The van der Waals surface area contributed by atoms with Gasteiger partial charge in [0.1, 0.15) is 0 Å². The molecule has 130 valence electrons. The number of nitrogens with zero attached hydrogens (tertiary/aromatic N) is 3. The van der Waals surface area contributed by atoms with Gasteiger partial charge in [-0.2, -0.15) is 13.2 Å². The van der Waals surface area contributed by atoms with Gasteiger partial charge >= 0.3 is 6.18 Å². The van der Waals surface area contributed by atoms with E-state index in [0.717, 1.165) is 16.3 Å². The molecule has 0 aromatic carbocycles. The van der Waals surface area contributed by atoms with Crippen LogP contribution in [0.1, 0.15) is 23.5 Å². The second-order valence-corrected chi connectivity index (χ2v) is 5.44. The number of aryl methyl sites for hydroxylation is 2.